The summed E-state index contributed by atoms with van der Waals surface area (Å²) in [7, 11) is 4.43. The number of benzene rings is 1. The summed E-state index contributed by atoms with van der Waals surface area (Å²) < 4.78 is 15.6. The summed E-state index contributed by atoms with van der Waals surface area (Å²) in [6.45, 7) is 0. The molecular formula is C11H15N5O5. The van der Waals surface area contributed by atoms with E-state index < -0.39 is 11.0 Å². The van der Waals surface area contributed by atoms with Crippen LogP contribution in [-0.4, -0.2) is 38.5 Å². The second-order valence-corrected chi connectivity index (χ2v) is 3.52. The molecule has 0 heterocycles. The number of nitrogens with one attached hydrogen (secondary N) is 1. The molecule has 1 aromatic rings. The molecule has 0 atom stereocenters. The van der Waals surface area contributed by atoms with Crippen LogP contribution in [0.15, 0.2) is 22.3 Å². The Hall–Kier alpha value is -3.04. The molecule has 0 saturated carbocycles. The summed E-state index contributed by atoms with van der Waals surface area (Å²) in [5.74, 6) is 0.821. The average molecular weight is 297 g/mol. The Morgan fingerprint density at radius 2 is 1.95 bits per heavy atom. The number of hydrogen-bond donors (Lipinski definition) is 2. The van der Waals surface area contributed by atoms with E-state index >= 15 is 0 Å². The first kappa shape index (κ1) is 16.0. The Morgan fingerprint density at radius 3 is 2.48 bits per heavy atom. The van der Waals surface area contributed by atoms with Gasteiger partial charge in [-0.1, -0.05) is 5.43 Å². The molecule has 0 bridgehead atoms. The monoisotopic (exact) mass is 297 g/mol. The van der Waals surface area contributed by atoms with Gasteiger partial charge < -0.3 is 19.9 Å². The largest absolute Gasteiger partial charge is 0.493 e. The van der Waals surface area contributed by atoms with Gasteiger partial charge in [0.05, 0.1) is 27.5 Å². The van der Waals surface area contributed by atoms with Gasteiger partial charge in [-0.3, -0.25) is 0 Å². The maximum atomic E-state index is 10.1. The van der Waals surface area contributed by atoms with Crippen LogP contribution >= 0.6 is 0 Å². The van der Waals surface area contributed by atoms with E-state index in [2.05, 4.69) is 10.2 Å². The molecule has 0 aliphatic rings. The molecule has 0 amide bonds. The molecule has 0 aliphatic carbocycles. The predicted octanol–water partition coefficient (Wildman–Crippen LogP) is 0.142. The minimum absolute atomic E-state index is 0.386. The zero-order chi connectivity index (χ0) is 15.8. The molecule has 0 saturated heterocycles. The summed E-state index contributed by atoms with van der Waals surface area (Å²) in [6.07, 6.45) is 1.31. The first-order valence-electron chi connectivity index (χ1n) is 5.60. The standard InChI is InChI=1S/C11H15N5O5/c1-19-8-5-4-7(9(20-2)10(8)21-3)6-13-14-11(12)15-16(17)18/h4-6H,1-3H3,(H3,12,14,15)/b13-6+. The number of rotatable bonds is 6. The van der Waals surface area contributed by atoms with Crippen LogP contribution in [0.1, 0.15) is 5.56 Å². The highest BCUT2D eigenvalue weighted by Gasteiger charge is 2.14. The van der Waals surface area contributed by atoms with Crippen LogP contribution in [0.5, 0.6) is 17.2 Å². The van der Waals surface area contributed by atoms with E-state index in [1.807, 2.05) is 0 Å². The van der Waals surface area contributed by atoms with Gasteiger partial charge in [0.25, 0.3) is 5.96 Å². The topological polar surface area (TPSA) is 134 Å². The first-order chi connectivity index (χ1) is 10.0. The van der Waals surface area contributed by atoms with Gasteiger partial charge in [0.2, 0.25) is 5.75 Å². The molecule has 1 aromatic carbocycles. The van der Waals surface area contributed by atoms with E-state index in [-0.39, 0.29) is 0 Å². The van der Waals surface area contributed by atoms with E-state index in [0.717, 1.165) is 0 Å². The third kappa shape index (κ3) is 4.23. The van der Waals surface area contributed by atoms with Crippen molar-refractivity contribution in [1.82, 2.24) is 5.43 Å². The molecule has 21 heavy (non-hydrogen) atoms. The molecule has 0 unspecified atom stereocenters. The van der Waals surface area contributed by atoms with E-state index in [4.69, 9.17) is 19.9 Å². The van der Waals surface area contributed by atoms with Crippen molar-refractivity contribution >= 4 is 12.2 Å². The van der Waals surface area contributed by atoms with Crippen LogP contribution in [0.25, 0.3) is 0 Å². The molecule has 114 valence electrons. The Kier molecular flexibility index (Phi) is 5.74. The summed E-state index contributed by atoms with van der Waals surface area (Å²) in [6, 6.07) is 3.32. The molecule has 0 radical (unpaired) electrons. The van der Waals surface area contributed by atoms with Gasteiger partial charge >= 0.3 is 0 Å². The highest BCUT2D eigenvalue weighted by molar-refractivity contribution is 5.87. The van der Waals surface area contributed by atoms with Gasteiger partial charge in [-0.2, -0.15) is 5.10 Å². The molecule has 0 spiro atoms. The van der Waals surface area contributed by atoms with Crippen LogP contribution in [0, 0.1) is 10.1 Å². The molecule has 0 aromatic heterocycles. The summed E-state index contributed by atoms with van der Waals surface area (Å²) in [5.41, 5.74) is 7.41. The first-order valence-corrected chi connectivity index (χ1v) is 5.60. The number of nitrogens with zero attached hydrogens (tertiary/aromatic N) is 3. The lowest BCUT2D eigenvalue weighted by Gasteiger charge is -2.13. The van der Waals surface area contributed by atoms with E-state index in [0.29, 0.717) is 22.8 Å². The second kappa shape index (κ2) is 7.53. The lowest BCUT2D eigenvalue weighted by atomic mass is 10.2. The maximum absolute atomic E-state index is 10.1. The number of methoxy groups -OCH3 is 3. The van der Waals surface area contributed by atoms with Crippen molar-refractivity contribution in [3.05, 3.63) is 27.8 Å². The fourth-order valence-corrected chi connectivity index (χ4v) is 1.50. The number of nitrogens with two attached hydrogens (primary N) is 1. The third-order valence-corrected chi connectivity index (χ3v) is 2.30. The summed E-state index contributed by atoms with van der Waals surface area (Å²) >= 11 is 0. The minimum Gasteiger partial charge on any atom is -0.493 e. The number of guanidine groups is 1. The zero-order valence-electron chi connectivity index (χ0n) is 11.7. The molecule has 10 heteroatoms. The molecular weight excluding hydrogens is 282 g/mol. The predicted molar refractivity (Wildman–Crippen MR) is 75.4 cm³/mol. The Balaban J connectivity index is 3.06. The number of nitro groups is 1. The maximum Gasteiger partial charge on any atom is 0.275 e. The highest BCUT2D eigenvalue weighted by atomic mass is 16.7. The Morgan fingerprint density at radius 1 is 1.29 bits per heavy atom. The number of hydrogen-bond acceptors (Lipinski definition) is 7. The highest BCUT2D eigenvalue weighted by Crippen LogP contribution is 2.38. The van der Waals surface area contributed by atoms with Crippen molar-refractivity contribution in [2.75, 3.05) is 21.3 Å². The van der Waals surface area contributed by atoms with Crippen molar-refractivity contribution in [2.45, 2.75) is 0 Å². The number of hydrazine groups is 1. The number of ether oxygens (including phenoxy) is 3. The van der Waals surface area contributed by atoms with Crippen LogP contribution in [-0.2, 0) is 0 Å². The van der Waals surface area contributed by atoms with Gasteiger partial charge in [-0.05, 0) is 12.1 Å². The van der Waals surface area contributed by atoms with Crippen molar-refractivity contribution in [1.29, 1.82) is 0 Å². The van der Waals surface area contributed by atoms with Gasteiger partial charge in [-0.15, -0.1) is 5.10 Å². The van der Waals surface area contributed by atoms with Crippen LogP contribution in [0.2, 0.25) is 0 Å². The fraction of sp³-hybridized carbons (Fsp3) is 0.273. The zero-order valence-corrected chi connectivity index (χ0v) is 11.7. The van der Waals surface area contributed by atoms with Gasteiger partial charge in [0.15, 0.2) is 16.5 Å². The SMILES string of the molecule is COc1ccc(/C=N/N=C(/N)N[N+](=O)[O-])c(OC)c1OC. The van der Waals surface area contributed by atoms with E-state index in [1.165, 1.54) is 27.5 Å². The molecule has 3 N–H and O–H groups in total. The smallest absolute Gasteiger partial charge is 0.275 e. The second-order valence-electron chi connectivity index (χ2n) is 3.52. The van der Waals surface area contributed by atoms with Crippen molar-refractivity contribution in [2.24, 2.45) is 15.9 Å². The van der Waals surface area contributed by atoms with Crippen LogP contribution in [0.3, 0.4) is 0 Å². The third-order valence-electron chi connectivity index (χ3n) is 2.30. The van der Waals surface area contributed by atoms with E-state index in [9.17, 15) is 10.1 Å². The molecule has 0 fully saturated rings. The normalized spacial score (nSPS) is 11.3. The molecule has 0 aliphatic heterocycles. The fourth-order valence-electron chi connectivity index (χ4n) is 1.50. The van der Waals surface area contributed by atoms with Gasteiger partial charge in [0, 0.05) is 5.56 Å². The molecule has 1 rings (SSSR count). The summed E-state index contributed by atoms with van der Waals surface area (Å²) in [4.78, 5) is 10.1. The molecule has 10 nitrogen and oxygen atoms in total. The Bertz CT molecular complexity index is 572. The quantitative estimate of drug-likeness (QED) is 0.330. The van der Waals surface area contributed by atoms with Crippen molar-refractivity contribution < 1.29 is 19.2 Å². The van der Waals surface area contributed by atoms with Crippen molar-refractivity contribution in [3.63, 3.8) is 0 Å². The van der Waals surface area contributed by atoms with Crippen LogP contribution < -0.4 is 25.4 Å². The summed E-state index contributed by atoms with van der Waals surface area (Å²) in [5, 5.41) is 16.3. The van der Waals surface area contributed by atoms with E-state index in [1.54, 1.807) is 17.6 Å². The van der Waals surface area contributed by atoms with Crippen LogP contribution in [0.4, 0.5) is 0 Å². The minimum atomic E-state index is -0.842. The van der Waals surface area contributed by atoms with Gasteiger partial charge in [0.1, 0.15) is 0 Å². The van der Waals surface area contributed by atoms with Crippen molar-refractivity contribution in [3.8, 4) is 17.2 Å². The Labute approximate surface area is 120 Å². The average Bonchev–Trinajstić information content (AvgIpc) is 2.45. The lowest BCUT2D eigenvalue weighted by molar-refractivity contribution is -0.525. The van der Waals surface area contributed by atoms with Gasteiger partial charge in [-0.25, -0.2) is 10.1 Å². The lowest BCUT2D eigenvalue weighted by Crippen LogP contribution is -2.35.